The molecule has 54 heavy (non-hydrogen) atoms. The Kier molecular flexibility index (Phi) is 11.6. The molecule has 0 aliphatic heterocycles. The summed E-state index contributed by atoms with van der Waals surface area (Å²) in [5.41, 5.74) is -1.01. The molecule has 20 heteroatoms. The van der Waals surface area contributed by atoms with Crippen molar-refractivity contribution >= 4 is 22.8 Å². The van der Waals surface area contributed by atoms with Crippen LogP contribution in [0.3, 0.4) is 0 Å². The number of benzene rings is 2. The number of carbonyl (C=O) groups is 2. The monoisotopic (exact) mass is 792 g/mol. The molecule has 0 amide bonds. The minimum absolute atomic E-state index is 0.0561. The molecule has 2 aromatic heterocycles. The van der Waals surface area contributed by atoms with Crippen molar-refractivity contribution in [2.24, 2.45) is 0 Å². The highest BCUT2D eigenvalue weighted by molar-refractivity contribution is 6.68. The van der Waals surface area contributed by atoms with Crippen LogP contribution < -0.4 is 28.4 Å². The highest BCUT2D eigenvalue weighted by atomic mass is 35.5. The lowest BCUT2D eigenvalue weighted by molar-refractivity contribution is -0.275. The fourth-order valence-corrected chi connectivity index (χ4v) is 5.06. The van der Waals surface area contributed by atoms with E-state index in [1.165, 1.54) is 14.2 Å². The van der Waals surface area contributed by atoms with Gasteiger partial charge in [-0.05, 0) is 61.5 Å². The maximum atomic E-state index is 14.6. The van der Waals surface area contributed by atoms with Crippen LogP contribution in [0.2, 0.25) is 0 Å². The third-order valence-corrected chi connectivity index (χ3v) is 7.73. The Bertz CT molecular complexity index is 1910. The Morgan fingerprint density at radius 1 is 0.667 bits per heavy atom. The van der Waals surface area contributed by atoms with Gasteiger partial charge >= 0.3 is 18.7 Å². The van der Waals surface area contributed by atoms with Crippen molar-refractivity contribution in [3.63, 3.8) is 0 Å². The van der Waals surface area contributed by atoms with Crippen molar-refractivity contribution in [2.75, 3.05) is 14.2 Å². The molecule has 11 nitrogen and oxygen atoms in total. The van der Waals surface area contributed by atoms with E-state index in [2.05, 4.69) is 19.4 Å². The van der Waals surface area contributed by atoms with E-state index in [1.54, 1.807) is 0 Å². The van der Waals surface area contributed by atoms with Crippen LogP contribution in [0.5, 0.6) is 46.0 Å². The normalized spacial score (nSPS) is 14.0. The molecule has 2 saturated carbocycles. The molecule has 0 saturated heterocycles. The number of alkyl halides is 6. The molecule has 0 spiro atoms. The third kappa shape index (κ3) is 9.88. The van der Waals surface area contributed by atoms with E-state index in [-0.39, 0.29) is 52.0 Å². The van der Waals surface area contributed by atoms with Gasteiger partial charge in [-0.25, -0.2) is 13.6 Å². The van der Waals surface area contributed by atoms with Crippen molar-refractivity contribution in [2.45, 2.75) is 50.2 Å². The Morgan fingerprint density at radius 3 is 1.39 bits per heavy atom. The third-order valence-electron chi connectivity index (χ3n) is 7.54. The average Bonchev–Trinajstić information content (AvgIpc) is 4.00. The highest BCUT2D eigenvalue weighted by Gasteiger charge is 2.35. The van der Waals surface area contributed by atoms with Crippen LogP contribution in [-0.2, 0) is 0 Å². The second kappa shape index (κ2) is 15.8. The molecule has 0 radical (unpaired) electrons. The van der Waals surface area contributed by atoms with E-state index in [1.807, 2.05) is 0 Å². The van der Waals surface area contributed by atoms with Gasteiger partial charge in [0.05, 0.1) is 38.0 Å². The summed E-state index contributed by atoms with van der Waals surface area (Å²) >= 11 is 5.49. The van der Waals surface area contributed by atoms with Crippen LogP contribution in [0, 0.1) is 11.6 Å². The van der Waals surface area contributed by atoms with E-state index >= 15 is 0 Å². The van der Waals surface area contributed by atoms with Crippen LogP contribution in [0.15, 0.2) is 48.8 Å². The molecule has 0 atom stereocenters. The summed E-state index contributed by atoms with van der Waals surface area (Å²) in [4.78, 5) is 31.0. The lowest BCUT2D eigenvalue weighted by Crippen LogP contribution is -2.17. The highest BCUT2D eigenvalue weighted by Crippen LogP contribution is 2.45. The first-order valence-electron chi connectivity index (χ1n) is 15.4. The molecule has 2 aliphatic rings. The van der Waals surface area contributed by atoms with Crippen molar-refractivity contribution < 1.29 is 78.2 Å². The number of hydrogen-bond acceptors (Lipinski definition) is 10. The van der Waals surface area contributed by atoms with Crippen molar-refractivity contribution in [1.29, 1.82) is 0 Å². The summed E-state index contributed by atoms with van der Waals surface area (Å²) in [6.07, 6.45) is -4.60. The minimum Gasteiger partial charge on any atom is -0.493 e. The SMILES string of the molecule is COc1cc(OC(F)(F)F)ccc1Oc1cnc(C2CC2)c(F)c1C(=O)Cl.COc1cc(OC(F)(F)F)ccc1Oc1cnc(C2CC2)c(F)c1C(=O)O. The number of pyridine rings is 2. The summed E-state index contributed by atoms with van der Waals surface area (Å²) in [5, 5.41) is 8.24. The van der Waals surface area contributed by atoms with Gasteiger partial charge < -0.3 is 33.5 Å². The van der Waals surface area contributed by atoms with Gasteiger partial charge in [-0.1, -0.05) is 0 Å². The number of rotatable bonds is 12. The van der Waals surface area contributed by atoms with Gasteiger partial charge in [0.2, 0.25) is 0 Å². The zero-order valence-electron chi connectivity index (χ0n) is 27.6. The number of aromatic carboxylic acids is 1. The first-order chi connectivity index (χ1) is 25.4. The molecular weight excluding hydrogens is 768 g/mol. The maximum absolute atomic E-state index is 14.6. The Morgan fingerprint density at radius 2 is 1.06 bits per heavy atom. The Labute approximate surface area is 304 Å². The first-order valence-corrected chi connectivity index (χ1v) is 15.8. The largest absolute Gasteiger partial charge is 0.573 e. The smallest absolute Gasteiger partial charge is 0.493 e. The Balaban J connectivity index is 0.000000208. The summed E-state index contributed by atoms with van der Waals surface area (Å²) < 4.78 is 131. The predicted molar refractivity (Wildman–Crippen MR) is 169 cm³/mol. The Hall–Kier alpha value is -5.59. The average molecular weight is 793 g/mol. The number of carboxylic acid groups (broad SMARTS) is 1. The van der Waals surface area contributed by atoms with E-state index in [0.717, 1.165) is 74.5 Å². The van der Waals surface area contributed by atoms with Gasteiger partial charge in [0.25, 0.3) is 5.24 Å². The zero-order valence-corrected chi connectivity index (χ0v) is 28.4. The number of aromatic nitrogens is 2. The fourth-order valence-electron chi connectivity index (χ4n) is 4.89. The van der Waals surface area contributed by atoms with Gasteiger partial charge in [-0.15, -0.1) is 26.3 Å². The maximum Gasteiger partial charge on any atom is 0.573 e. The topological polar surface area (TPSA) is 136 Å². The van der Waals surface area contributed by atoms with Gasteiger partial charge in [0.1, 0.15) is 22.6 Å². The van der Waals surface area contributed by atoms with Gasteiger partial charge in [-0.3, -0.25) is 14.8 Å². The van der Waals surface area contributed by atoms with Crippen molar-refractivity contribution in [1.82, 2.24) is 9.97 Å². The molecule has 0 unspecified atom stereocenters. The standard InChI is InChI=1S/C17H12ClF4NO4.C17H13F4NO5/c1-25-11-6-9(27-17(20,21)22)4-5-10(11)26-12-7-23-15(8-2-3-8)14(19)13(12)16(18)24;1-25-11-6-9(27-17(19,20)21)4-5-10(11)26-12-7-22-15(8-2-3-8)14(18)13(12)16(23)24/h4-8H,2-3H2,1H3;4-8H,2-3H2,1H3,(H,23,24). The number of hydrogen-bond donors (Lipinski definition) is 1. The van der Waals surface area contributed by atoms with Crippen LogP contribution >= 0.6 is 11.6 Å². The van der Waals surface area contributed by atoms with Gasteiger partial charge in [0, 0.05) is 24.0 Å². The van der Waals surface area contributed by atoms with Crippen LogP contribution in [-0.4, -0.2) is 53.2 Å². The number of ether oxygens (including phenoxy) is 6. The van der Waals surface area contributed by atoms with E-state index in [4.69, 9.17) is 30.5 Å². The quantitative estimate of drug-likeness (QED) is 0.109. The second-order valence-corrected chi connectivity index (χ2v) is 11.8. The lowest BCUT2D eigenvalue weighted by Gasteiger charge is -2.15. The molecule has 2 heterocycles. The summed E-state index contributed by atoms with van der Waals surface area (Å²) in [6.45, 7) is 0. The van der Waals surface area contributed by atoms with Crippen LogP contribution in [0.4, 0.5) is 35.1 Å². The molecule has 288 valence electrons. The number of carboxylic acids is 1. The number of halogens is 9. The molecule has 2 aliphatic carbocycles. The number of nitrogens with zero attached hydrogens (tertiary/aromatic N) is 2. The van der Waals surface area contributed by atoms with Crippen molar-refractivity contribution in [3.8, 4) is 46.0 Å². The summed E-state index contributed by atoms with van der Waals surface area (Å²) in [6, 6.07) is 5.98. The van der Waals surface area contributed by atoms with E-state index in [0.29, 0.717) is 0 Å². The molecule has 6 rings (SSSR count). The van der Waals surface area contributed by atoms with E-state index in [9.17, 15) is 49.8 Å². The fraction of sp³-hybridized carbons (Fsp3) is 0.294. The predicted octanol–water partition coefficient (Wildman–Crippen LogP) is 9.67. The lowest BCUT2D eigenvalue weighted by atomic mass is 10.1. The molecular formula is C34H25ClF8N2O9. The summed E-state index contributed by atoms with van der Waals surface area (Å²) in [5.74, 6) is -5.86. The molecule has 4 aromatic rings. The molecule has 2 aromatic carbocycles. The number of carbonyl (C=O) groups excluding carboxylic acids is 1. The van der Waals surface area contributed by atoms with Gasteiger partial charge in [-0.2, -0.15) is 0 Å². The molecule has 1 N–H and O–H groups in total. The molecule has 2 fully saturated rings. The minimum atomic E-state index is -4.89. The van der Waals surface area contributed by atoms with Crippen LogP contribution in [0.25, 0.3) is 0 Å². The zero-order chi connectivity index (χ0) is 39.5. The van der Waals surface area contributed by atoms with Crippen molar-refractivity contribution in [3.05, 3.63) is 82.9 Å². The van der Waals surface area contributed by atoms with E-state index < -0.39 is 63.9 Å². The second-order valence-electron chi connectivity index (χ2n) is 11.4. The first kappa shape index (κ1) is 39.6. The number of methoxy groups -OCH3 is 2. The molecule has 0 bridgehead atoms. The summed E-state index contributed by atoms with van der Waals surface area (Å²) in [7, 11) is 2.37. The van der Waals surface area contributed by atoms with Gasteiger partial charge in [0.15, 0.2) is 46.1 Å². The van der Waals surface area contributed by atoms with Crippen LogP contribution in [0.1, 0.15) is 69.6 Å².